The number of benzene rings is 2. The highest BCUT2D eigenvalue weighted by molar-refractivity contribution is 5.78. The second-order valence-electron chi connectivity index (χ2n) is 9.02. The Balaban J connectivity index is 1.12. The van der Waals surface area contributed by atoms with E-state index in [1.54, 1.807) is 0 Å². The predicted octanol–water partition coefficient (Wildman–Crippen LogP) is 3.72. The Hall–Kier alpha value is -2.17. The SMILES string of the molecule is O=C(CN1CCC(CCc2ccccc2)CC1)NC1CCN(Cc2ccccc2)C1. The summed E-state index contributed by atoms with van der Waals surface area (Å²) in [6.07, 6.45) is 5.93. The normalized spacial score (nSPS) is 21.0. The van der Waals surface area contributed by atoms with Gasteiger partial charge in [-0.2, -0.15) is 0 Å². The number of piperidine rings is 1. The van der Waals surface area contributed by atoms with E-state index in [1.165, 1.54) is 36.8 Å². The third-order valence-corrected chi connectivity index (χ3v) is 6.64. The Labute approximate surface area is 181 Å². The fraction of sp³-hybridized carbons (Fsp3) is 0.500. The summed E-state index contributed by atoms with van der Waals surface area (Å²) >= 11 is 0. The Kier molecular flexibility index (Phi) is 7.54. The maximum Gasteiger partial charge on any atom is 0.234 e. The number of carbonyl (C=O) groups is 1. The Morgan fingerprint density at radius 3 is 2.17 bits per heavy atom. The molecule has 2 saturated heterocycles. The summed E-state index contributed by atoms with van der Waals surface area (Å²) in [4.78, 5) is 17.3. The summed E-state index contributed by atoms with van der Waals surface area (Å²) in [6.45, 7) is 5.66. The number of nitrogens with zero attached hydrogens (tertiary/aromatic N) is 2. The van der Waals surface area contributed by atoms with Crippen molar-refractivity contribution in [2.75, 3.05) is 32.7 Å². The van der Waals surface area contributed by atoms with Gasteiger partial charge in [0.15, 0.2) is 0 Å². The van der Waals surface area contributed by atoms with Gasteiger partial charge < -0.3 is 5.32 Å². The van der Waals surface area contributed by atoms with Crippen molar-refractivity contribution in [2.45, 2.75) is 44.7 Å². The number of carbonyl (C=O) groups excluding carboxylic acids is 1. The molecule has 2 heterocycles. The van der Waals surface area contributed by atoms with E-state index >= 15 is 0 Å². The van der Waals surface area contributed by atoms with Gasteiger partial charge in [0, 0.05) is 25.7 Å². The lowest BCUT2D eigenvalue weighted by molar-refractivity contribution is -0.123. The fourth-order valence-corrected chi connectivity index (χ4v) is 4.86. The van der Waals surface area contributed by atoms with E-state index < -0.39 is 0 Å². The van der Waals surface area contributed by atoms with E-state index in [0.717, 1.165) is 45.1 Å². The largest absolute Gasteiger partial charge is 0.351 e. The molecule has 2 aromatic carbocycles. The number of aryl methyl sites for hydroxylation is 1. The molecule has 0 saturated carbocycles. The average molecular weight is 406 g/mol. The molecule has 1 unspecified atom stereocenters. The predicted molar refractivity (Wildman–Crippen MR) is 122 cm³/mol. The zero-order chi connectivity index (χ0) is 20.6. The molecule has 0 bridgehead atoms. The van der Waals surface area contributed by atoms with Crippen LogP contribution in [-0.2, 0) is 17.8 Å². The van der Waals surface area contributed by atoms with Gasteiger partial charge in [-0.25, -0.2) is 0 Å². The van der Waals surface area contributed by atoms with Crippen molar-refractivity contribution in [1.82, 2.24) is 15.1 Å². The van der Waals surface area contributed by atoms with Crippen LogP contribution in [0, 0.1) is 5.92 Å². The zero-order valence-corrected chi connectivity index (χ0v) is 18.0. The zero-order valence-electron chi connectivity index (χ0n) is 18.0. The van der Waals surface area contributed by atoms with E-state index in [1.807, 2.05) is 0 Å². The molecule has 2 aromatic rings. The van der Waals surface area contributed by atoms with E-state index in [2.05, 4.69) is 75.8 Å². The van der Waals surface area contributed by atoms with Crippen LogP contribution in [-0.4, -0.2) is 54.5 Å². The molecule has 160 valence electrons. The van der Waals surface area contributed by atoms with Gasteiger partial charge >= 0.3 is 0 Å². The van der Waals surface area contributed by atoms with Crippen LogP contribution in [0.15, 0.2) is 60.7 Å². The van der Waals surface area contributed by atoms with Crippen LogP contribution in [0.4, 0.5) is 0 Å². The average Bonchev–Trinajstić information content (AvgIpc) is 3.21. The minimum Gasteiger partial charge on any atom is -0.351 e. The molecular formula is C26H35N3O. The van der Waals surface area contributed by atoms with Crippen molar-refractivity contribution in [3.8, 4) is 0 Å². The molecule has 0 aliphatic carbocycles. The number of nitrogens with one attached hydrogen (secondary N) is 1. The molecular weight excluding hydrogens is 370 g/mol. The topological polar surface area (TPSA) is 35.6 Å². The molecule has 4 rings (SSSR count). The second-order valence-corrected chi connectivity index (χ2v) is 9.02. The van der Waals surface area contributed by atoms with E-state index in [4.69, 9.17) is 0 Å². The summed E-state index contributed by atoms with van der Waals surface area (Å²) in [5, 5.41) is 3.28. The van der Waals surface area contributed by atoms with Gasteiger partial charge in [-0.1, -0.05) is 60.7 Å². The first-order valence-electron chi connectivity index (χ1n) is 11.6. The Morgan fingerprint density at radius 2 is 1.47 bits per heavy atom. The van der Waals surface area contributed by atoms with Crippen LogP contribution in [0.3, 0.4) is 0 Å². The van der Waals surface area contributed by atoms with E-state index in [-0.39, 0.29) is 5.91 Å². The van der Waals surface area contributed by atoms with Crippen molar-refractivity contribution < 1.29 is 4.79 Å². The van der Waals surface area contributed by atoms with Gasteiger partial charge in [0.1, 0.15) is 0 Å². The summed E-state index contributed by atoms with van der Waals surface area (Å²) in [7, 11) is 0. The lowest BCUT2D eigenvalue weighted by atomic mass is 9.90. The number of hydrogen-bond donors (Lipinski definition) is 1. The standard InChI is InChI=1S/C26H35N3O/c30-26(27-25-15-18-29(20-25)19-24-9-5-2-6-10-24)21-28-16-13-23(14-17-28)12-11-22-7-3-1-4-8-22/h1-10,23,25H,11-21H2,(H,27,30). The van der Waals surface area contributed by atoms with Crippen LogP contribution in [0.2, 0.25) is 0 Å². The lowest BCUT2D eigenvalue weighted by Gasteiger charge is -2.31. The first-order valence-corrected chi connectivity index (χ1v) is 11.6. The molecule has 1 amide bonds. The highest BCUT2D eigenvalue weighted by atomic mass is 16.2. The molecule has 1 atom stereocenters. The monoisotopic (exact) mass is 405 g/mol. The highest BCUT2D eigenvalue weighted by Crippen LogP contribution is 2.22. The third-order valence-electron chi connectivity index (χ3n) is 6.64. The van der Waals surface area contributed by atoms with Gasteiger partial charge in [-0.3, -0.25) is 14.6 Å². The fourth-order valence-electron chi connectivity index (χ4n) is 4.86. The van der Waals surface area contributed by atoms with Crippen LogP contribution >= 0.6 is 0 Å². The Morgan fingerprint density at radius 1 is 0.833 bits per heavy atom. The van der Waals surface area contributed by atoms with Crippen molar-refractivity contribution in [3.05, 3.63) is 71.8 Å². The van der Waals surface area contributed by atoms with Crippen LogP contribution in [0.5, 0.6) is 0 Å². The lowest BCUT2D eigenvalue weighted by Crippen LogP contribution is -2.45. The van der Waals surface area contributed by atoms with Gasteiger partial charge in [0.25, 0.3) is 0 Å². The van der Waals surface area contributed by atoms with Gasteiger partial charge in [-0.15, -0.1) is 0 Å². The minimum atomic E-state index is 0.198. The molecule has 2 aliphatic heterocycles. The molecule has 4 heteroatoms. The summed E-state index contributed by atoms with van der Waals surface area (Å²) in [5.74, 6) is 0.996. The molecule has 4 nitrogen and oxygen atoms in total. The molecule has 2 fully saturated rings. The molecule has 2 aliphatic rings. The first-order chi connectivity index (χ1) is 14.7. The summed E-state index contributed by atoms with van der Waals surface area (Å²) in [5.41, 5.74) is 2.79. The molecule has 30 heavy (non-hydrogen) atoms. The molecule has 0 aromatic heterocycles. The molecule has 1 N–H and O–H groups in total. The van der Waals surface area contributed by atoms with E-state index in [9.17, 15) is 4.79 Å². The van der Waals surface area contributed by atoms with Crippen molar-refractivity contribution in [3.63, 3.8) is 0 Å². The number of amides is 1. The maximum absolute atomic E-state index is 12.6. The van der Waals surface area contributed by atoms with E-state index in [0.29, 0.717) is 12.6 Å². The number of rotatable bonds is 8. The highest BCUT2D eigenvalue weighted by Gasteiger charge is 2.25. The minimum absolute atomic E-state index is 0.198. The third kappa shape index (κ3) is 6.41. The number of likely N-dealkylation sites (tertiary alicyclic amines) is 2. The molecule has 0 radical (unpaired) electrons. The number of hydrogen-bond acceptors (Lipinski definition) is 3. The van der Waals surface area contributed by atoms with Crippen molar-refractivity contribution in [2.24, 2.45) is 5.92 Å². The first kappa shape index (κ1) is 21.1. The van der Waals surface area contributed by atoms with Gasteiger partial charge in [0.05, 0.1) is 6.54 Å². The van der Waals surface area contributed by atoms with Gasteiger partial charge in [0.2, 0.25) is 5.91 Å². The molecule has 0 spiro atoms. The van der Waals surface area contributed by atoms with Crippen LogP contribution in [0.25, 0.3) is 0 Å². The van der Waals surface area contributed by atoms with Crippen LogP contribution < -0.4 is 5.32 Å². The maximum atomic E-state index is 12.6. The Bertz CT molecular complexity index is 771. The quantitative estimate of drug-likeness (QED) is 0.727. The summed E-state index contributed by atoms with van der Waals surface area (Å²) in [6, 6.07) is 21.7. The smallest absolute Gasteiger partial charge is 0.234 e. The van der Waals surface area contributed by atoms with Crippen LogP contribution in [0.1, 0.15) is 36.8 Å². The second kappa shape index (κ2) is 10.7. The van der Waals surface area contributed by atoms with Gasteiger partial charge in [-0.05, 0) is 62.2 Å². The van der Waals surface area contributed by atoms with Crippen molar-refractivity contribution >= 4 is 5.91 Å². The van der Waals surface area contributed by atoms with Crippen molar-refractivity contribution in [1.29, 1.82) is 0 Å². The summed E-state index contributed by atoms with van der Waals surface area (Å²) < 4.78 is 0.